The van der Waals surface area contributed by atoms with E-state index in [-0.39, 0.29) is 22.8 Å². The van der Waals surface area contributed by atoms with Crippen molar-refractivity contribution in [3.8, 4) is 11.3 Å². The topological polar surface area (TPSA) is 82.2 Å². The molecule has 3 heterocycles. The highest BCUT2D eigenvalue weighted by Gasteiger charge is 2.24. The van der Waals surface area contributed by atoms with Crippen molar-refractivity contribution < 1.29 is 9.18 Å². The number of benzene rings is 1. The van der Waals surface area contributed by atoms with Crippen molar-refractivity contribution in [2.75, 3.05) is 31.1 Å². The van der Waals surface area contributed by atoms with Gasteiger partial charge in [0.2, 0.25) is 0 Å². The summed E-state index contributed by atoms with van der Waals surface area (Å²) < 4.78 is 13.1. The maximum Gasteiger partial charge on any atom is 0.260 e. The summed E-state index contributed by atoms with van der Waals surface area (Å²) >= 11 is 0. The Kier molecular flexibility index (Phi) is 4.84. The Balaban J connectivity index is 1.46. The molecule has 1 N–H and O–H groups in total. The standard InChI is InChI=1S/C20H18FN5O2/c21-15-5-3-14(4-6-15)17-12-18(24-13-23-17)25-8-10-26(11-9-25)20(28)16-2-1-7-22-19(16)27/h1-7,12-13H,8-11H2,(H,22,27). The van der Waals surface area contributed by atoms with E-state index in [0.717, 1.165) is 11.4 Å². The van der Waals surface area contributed by atoms with Gasteiger partial charge >= 0.3 is 0 Å². The van der Waals surface area contributed by atoms with E-state index in [1.165, 1.54) is 30.7 Å². The fraction of sp³-hybridized carbons (Fsp3) is 0.200. The summed E-state index contributed by atoms with van der Waals surface area (Å²) in [5.74, 6) is 0.186. The normalized spacial score (nSPS) is 14.2. The zero-order valence-electron chi connectivity index (χ0n) is 15.0. The Morgan fingerprint density at radius 2 is 1.79 bits per heavy atom. The summed E-state index contributed by atoms with van der Waals surface area (Å²) in [6.45, 7) is 2.17. The smallest absolute Gasteiger partial charge is 0.260 e. The number of rotatable bonds is 3. The van der Waals surface area contributed by atoms with Crippen molar-refractivity contribution in [3.05, 3.63) is 76.7 Å². The highest BCUT2D eigenvalue weighted by Crippen LogP contribution is 2.22. The molecule has 8 heteroatoms. The molecule has 0 aliphatic carbocycles. The quantitative estimate of drug-likeness (QED) is 0.752. The lowest BCUT2D eigenvalue weighted by atomic mass is 10.1. The summed E-state index contributed by atoms with van der Waals surface area (Å²) in [6, 6.07) is 11.2. The molecule has 1 aliphatic rings. The molecule has 0 saturated carbocycles. The number of hydrogen-bond acceptors (Lipinski definition) is 5. The molecule has 1 amide bonds. The number of piperazine rings is 1. The van der Waals surface area contributed by atoms with Crippen LogP contribution < -0.4 is 10.5 Å². The molecule has 0 unspecified atom stereocenters. The Bertz CT molecular complexity index is 1040. The molecule has 2 aromatic heterocycles. The Labute approximate surface area is 160 Å². The van der Waals surface area contributed by atoms with Crippen LogP contribution in [0.15, 0.2) is 59.8 Å². The number of pyridine rings is 1. The number of amides is 1. The number of aromatic nitrogens is 3. The minimum Gasteiger partial charge on any atom is -0.353 e. The van der Waals surface area contributed by atoms with Gasteiger partial charge in [0.25, 0.3) is 11.5 Å². The maximum atomic E-state index is 13.1. The molecule has 0 bridgehead atoms. The van der Waals surface area contributed by atoms with Crippen molar-refractivity contribution in [1.82, 2.24) is 19.9 Å². The summed E-state index contributed by atoms with van der Waals surface area (Å²) in [4.78, 5) is 39.2. The van der Waals surface area contributed by atoms with E-state index in [0.29, 0.717) is 31.9 Å². The van der Waals surface area contributed by atoms with E-state index in [4.69, 9.17) is 0 Å². The zero-order chi connectivity index (χ0) is 19.5. The summed E-state index contributed by atoms with van der Waals surface area (Å²) in [5.41, 5.74) is 1.28. The van der Waals surface area contributed by atoms with Crippen molar-refractivity contribution in [1.29, 1.82) is 0 Å². The number of nitrogens with zero attached hydrogens (tertiary/aromatic N) is 4. The second-order valence-electron chi connectivity index (χ2n) is 6.46. The van der Waals surface area contributed by atoms with Gasteiger partial charge in [-0.1, -0.05) is 0 Å². The molecule has 1 fully saturated rings. The number of carbonyl (C=O) groups is 1. The first-order chi connectivity index (χ1) is 13.6. The lowest BCUT2D eigenvalue weighted by molar-refractivity contribution is 0.0744. The average Bonchev–Trinajstić information content (AvgIpc) is 2.74. The lowest BCUT2D eigenvalue weighted by Gasteiger charge is -2.35. The van der Waals surface area contributed by atoms with E-state index >= 15 is 0 Å². The molecule has 4 rings (SSSR count). The number of aromatic amines is 1. The van der Waals surface area contributed by atoms with Crippen LogP contribution in [0.1, 0.15) is 10.4 Å². The van der Waals surface area contributed by atoms with E-state index in [2.05, 4.69) is 19.9 Å². The molecule has 0 atom stereocenters. The molecule has 7 nitrogen and oxygen atoms in total. The summed E-state index contributed by atoms with van der Waals surface area (Å²) in [7, 11) is 0. The third-order valence-electron chi connectivity index (χ3n) is 4.73. The van der Waals surface area contributed by atoms with Gasteiger partial charge in [0.1, 0.15) is 23.5 Å². The van der Waals surface area contributed by atoms with E-state index in [1.807, 2.05) is 6.07 Å². The van der Waals surface area contributed by atoms with Crippen LogP contribution in [0, 0.1) is 5.82 Å². The lowest BCUT2D eigenvalue weighted by Crippen LogP contribution is -2.49. The van der Waals surface area contributed by atoms with Gasteiger partial charge in [0, 0.05) is 44.0 Å². The molecular weight excluding hydrogens is 361 g/mol. The van der Waals surface area contributed by atoms with E-state index in [9.17, 15) is 14.0 Å². The number of H-pyrrole nitrogens is 1. The maximum absolute atomic E-state index is 13.1. The van der Waals surface area contributed by atoms with Gasteiger partial charge in [0.15, 0.2) is 0 Å². The minimum atomic E-state index is -0.380. The van der Waals surface area contributed by atoms with Gasteiger partial charge in [-0.25, -0.2) is 14.4 Å². The van der Waals surface area contributed by atoms with Crippen LogP contribution >= 0.6 is 0 Å². The molecule has 1 aliphatic heterocycles. The van der Waals surface area contributed by atoms with Gasteiger partial charge in [-0.3, -0.25) is 9.59 Å². The minimum absolute atomic E-state index is 0.150. The summed E-state index contributed by atoms with van der Waals surface area (Å²) in [6.07, 6.45) is 2.99. The second kappa shape index (κ2) is 7.59. The molecule has 0 radical (unpaired) electrons. The fourth-order valence-corrected chi connectivity index (χ4v) is 3.20. The number of hydrogen-bond donors (Lipinski definition) is 1. The predicted octanol–water partition coefficient (Wildman–Crippen LogP) is 1.93. The van der Waals surface area contributed by atoms with Crippen LogP contribution in [-0.2, 0) is 0 Å². The SMILES string of the molecule is O=C(c1ccc[nH]c1=O)N1CCN(c2cc(-c3ccc(F)cc3)ncn2)CC1. The van der Waals surface area contributed by atoms with Crippen molar-refractivity contribution >= 4 is 11.7 Å². The molecule has 1 saturated heterocycles. The Morgan fingerprint density at radius 3 is 2.50 bits per heavy atom. The first-order valence-electron chi connectivity index (χ1n) is 8.92. The number of anilines is 1. The van der Waals surface area contributed by atoms with Crippen LogP contribution in [0.2, 0.25) is 0 Å². The highest BCUT2D eigenvalue weighted by atomic mass is 19.1. The Morgan fingerprint density at radius 1 is 1.04 bits per heavy atom. The monoisotopic (exact) mass is 379 g/mol. The highest BCUT2D eigenvalue weighted by molar-refractivity contribution is 5.94. The molecule has 142 valence electrons. The third-order valence-corrected chi connectivity index (χ3v) is 4.73. The molecule has 0 spiro atoms. The largest absolute Gasteiger partial charge is 0.353 e. The second-order valence-corrected chi connectivity index (χ2v) is 6.46. The first-order valence-corrected chi connectivity index (χ1v) is 8.92. The molecule has 1 aromatic carbocycles. The van der Waals surface area contributed by atoms with Crippen LogP contribution in [0.3, 0.4) is 0 Å². The van der Waals surface area contributed by atoms with Gasteiger partial charge in [-0.15, -0.1) is 0 Å². The Hall–Kier alpha value is -3.55. The van der Waals surface area contributed by atoms with Gasteiger partial charge in [0.05, 0.1) is 5.69 Å². The third kappa shape index (κ3) is 3.62. The van der Waals surface area contributed by atoms with Gasteiger partial charge in [-0.05, 0) is 36.4 Å². The molecular formula is C20H18FN5O2. The van der Waals surface area contributed by atoms with E-state index < -0.39 is 0 Å². The van der Waals surface area contributed by atoms with E-state index in [1.54, 1.807) is 23.1 Å². The van der Waals surface area contributed by atoms with Crippen LogP contribution in [0.4, 0.5) is 10.2 Å². The van der Waals surface area contributed by atoms with Crippen molar-refractivity contribution in [2.24, 2.45) is 0 Å². The first kappa shape index (κ1) is 17.8. The average molecular weight is 379 g/mol. The fourth-order valence-electron chi connectivity index (χ4n) is 3.20. The summed E-state index contributed by atoms with van der Waals surface area (Å²) in [5, 5.41) is 0. The van der Waals surface area contributed by atoms with Crippen LogP contribution in [0.25, 0.3) is 11.3 Å². The predicted molar refractivity (Wildman–Crippen MR) is 103 cm³/mol. The number of carbonyl (C=O) groups excluding carboxylic acids is 1. The van der Waals surface area contributed by atoms with Gasteiger partial charge in [-0.2, -0.15) is 0 Å². The molecule has 3 aromatic rings. The number of halogens is 1. The van der Waals surface area contributed by atoms with Crippen molar-refractivity contribution in [2.45, 2.75) is 0 Å². The van der Waals surface area contributed by atoms with Crippen molar-refractivity contribution in [3.63, 3.8) is 0 Å². The number of nitrogens with one attached hydrogen (secondary N) is 1. The molecule has 28 heavy (non-hydrogen) atoms. The van der Waals surface area contributed by atoms with Crippen LogP contribution in [-0.4, -0.2) is 51.9 Å². The zero-order valence-corrected chi connectivity index (χ0v) is 15.0. The van der Waals surface area contributed by atoms with Gasteiger partial charge < -0.3 is 14.8 Å². The van der Waals surface area contributed by atoms with Crippen LogP contribution in [0.5, 0.6) is 0 Å².